The van der Waals surface area contributed by atoms with Crippen LogP contribution < -0.4 is 10.6 Å². The van der Waals surface area contributed by atoms with E-state index in [1.54, 1.807) is 30.3 Å². The van der Waals surface area contributed by atoms with Crippen molar-refractivity contribution in [3.05, 3.63) is 52.9 Å². The van der Waals surface area contributed by atoms with Crippen LogP contribution in [0.2, 0.25) is 0 Å². The molecule has 1 aromatic carbocycles. The first-order chi connectivity index (χ1) is 12.8. The first-order valence-electron chi connectivity index (χ1n) is 8.83. The Morgan fingerprint density at radius 1 is 1.19 bits per heavy atom. The van der Waals surface area contributed by atoms with Crippen molar-refractivity contribution in [3.63, 3.8) is 0 Å². The first-order valence-corrected chi connectivity index (χ1v) is 8.83. The summed E-state index contributed by atoms with van der Waals surface area (Å²) in [5.74, 6) is -0.684. The van der Waals surface area contributed by atoms with Crippen LogP contribution in [0.1, 0.15) is 37.2 Å². The lowest BCUT2D eigenvalue weighted by molar-refractivity contribution is -0.114. The Kier molecular flexibility index (Phi) is 6.56. The van der Waals surface area contributed by atoms with E-state index in [0.29, 0.717) is 11.4 Å². The minimum atomic E-state index is -0.488. The zero-order chi connectivity index (χ0) is 20.0. The average molecular weight is 364 g/mol. The predicted molar refractivity (Wildman–Crippen MR) is 107 cm³/mol. The zero-order valence-corrected chi connectivity index (χ0v) is 16.1. The molecular formula is C21H24N4O2. The van der Waals surface area contributed by atoms with E-state index in [0.717, 1.165) is 29.9 Å². The van der Waals surface area contributed by atoms with Gasteiger partial charge in [0.05, 0.1) is 0 Å². The maximum atomic E-state index is 12.5. The van der Waals surface area contributed by atoms with E-state index in [1.165, 1.54) is 6.92 Å². The number of carbonyl (C=O) groups excluding carboxylic acids is 2. The monoisotopic (exact) mass is 364 g/mol. The quantitative estimate of drug-likeness (QED) is 0.599. The van der Waals surface area contributed by atoms with Crippen LogP contribution in [0.4, 0.5) is 11.4 Å². The van der Waals surface area contributed by atoms with Crippen LogP contribution in [-0.4, -0.2) is 16.4 Å². The summed E-state index contributed by atoms with van der Waals surface area (Å²) in [6.07, 6.45) is 2.62. The molecule has 0 atom stereocenters. The summed E-state index contributed by atoms with van der Waals surface area (Å²) >= 11 is 0. The summed E-state index contributed by atoms with van der Waals surface area (Å²) in [6, 6.07) is 10.7. The van der Waals surface area contributed by atoms with E-state index in [-0.39, 0.29) is 11.5 Å². The van der Waals surface area contributed by atoms with Gasteiger partial charge in [0.2, 0.25) is 5.91 Å². The van der Waals surface area contributed by atoms with Crippen LogP contribution in [0.15, 0.2) is 35.9 Å². The van der Waals surface area contributed by atoms with Gasteiger partial charge in [0, 0.05) is 36.2 Å². The molecule has 0 aliphatic heterocycles. The average Bonchev–Trinajstić information content (AvgIpc) is 2.87. The van der Waals surface area contributed by atoms with Crippen LogP contribution in [0.3, 0.4) is 0 Å². The SMILES string of the molecule is CCCn1c(C)cc(/C=C(\C#N)C(=O)Nc2cccc(NC(C)=O)c2)c1C. The summed E-state index contributed by atoms with van der Waals surface area (Å²) in [5, 5.41) is 14.8. The molecule has 6 nitrogen and oxygen atoms in total. The number of rotatable bonds is 6. The number of amides is 2. The normalized spacial score (nSPS) is 11.0. The molecule has 0 fully saturated rings. The summed E-state index contributed by atoms with van der Waals surface area (Å²) in [6.45, 7) is 8.42. The Hall–Kier alpha value is -3.33. The molecule has 1 heterocycles. The van der Waals surface area contributed by atoms with Gasteiger partial charge in [-0.05, 0) is 56.2 Å². The molecule has 0 saturated carbocycles. The van der Waals surface area contributed by atoms with Gasteiger partial charge in [0.25, 0.3) is 5.91 Å². The smallest absolute Gasteiger partial charge is 0.266 e. The minimum Gasteiger partial charge on any atom is -0.349 e. The number of nitrogens with one attached hydrogen (secondary N) is 2. The Balaban J connectivity index is 2.24. The van der Waals surface area contributed by atoms with Crippen molar-refractivity contribution in [3.8, 4) is 6.07 Å². The molecule has 27 heavy (non-hydrogen) atoms. The molecule has 0 spiro atoms. The second-order valence-electron chi connectivity index (χ2n) is 6.36. The standard InChI is InChI=1S/C21H24N4O2/c1-5-9-25-14(2)10-17(15(25)3)11-18(13-22)21(27)24-20-8-6-7-19(12-20)23-16(4)26/h6-8,10-12H,5,9H2,1-4H3,(H,23,26)(H,24,27)/b18-11+. The molecule has 0 aliphatic carbocycles. The lowest BCUT2D eigenvalue weighted by Crippen LogP contribution is -2.14. The number of nitriles is 1. The molecular weight excluding hydrogens is 340 g/mol. The first kappa shape index (κ1) is 20.0. The molecule has 0 unspecified atom stereocenters. The molecule has 0 radical (unpaired) electrons. The number of nitrogens with zero attached hydrogens (tertiary/aromatic N) is 2. The fourth-order valence-electron chi connectivity index (χ4n) is 2.92. The largest absolute Gasteiger partial charge is 0.349 e. The van der Waals surface area contributed by atoms with Crippen molar-refractivity contribution < 1.29 is 9.59 Å². The van der Waals surface area contributed by atoms with E-state index in [2.05, 4.69) is 22.1 Å². The highest BCUT2D eigenvalue weighted by Crippen LogP contribution is 2.20. The predicted octanol–water partition coefficient (Wildman–Crippen LogP) is 4.02. The molecule has 6 heteroatoms. The molecule has 1 aromatic heterocycles. The second kappa shape index (κ2) is 8.86. The number of anilines is 2. The number of aryl methyl sites for hydroxylation is 1. The maximum absolute atomic E-state index is 12.5. The number of hydrogen-bond donors (Lipinski definition) is 2. The lowest BCUT2D eigenvalue weighted by Gasteiger charge is -2.08. The van der Waals surface area contributed by atoms with Gasteiger partial charge in [0.1, 0.15) is 11.6 Å². The third-order valence-corrected chi connectivity index (χ3v) is 4.17. The van der Waals surface area contributed by atoms with Gasteiger partial charge in [-0.2, -0.15) is 5.26 Å². The lowest BCUT2D eigenvalue weighted by atomic mass is 10.1. The van der Waals surface area contributed by atoms with Gasteiger partial charge < -0.3 is 15.2 Å². The molecule has 0 saturated heterocycles. The van der Waals surface area contributed by atoms with Crippen molar-refractivity contribution in [2.45, 2.75) is 40.7 Å². The van der Waals surface area contributed by atoms with E-state index in [9.17, 15) is 14.9 Å². The Bertz CT molecular complexity index is 932. The topological polar surface area (TPSA) is 86.9 Å². The van der Waals surface area contributed by atoms with E-state index < -0.39 is 5.91 Å². The van der Waals surface area contributed by atoms with Gasteiger partial charge in [-0.1, -0.05) is 13.0 Å². The van der Waals surface area contributed by atoms with Crippen molar-refractivity contribution in [1.29, 1.82) is 5.26 Å². The van der Waals surface area contributed by atoms with Gasteiger partial charge in [-0.15, -0.1) is 0 Å². The van der Waals surface area contributed by atoms with Crippen LogP contribution in [-0.2, 0) is 16.1 Å². The molecule has 2 aromatic rings. The highest BCUT2D eigenvalue weighted by Gasteiger charge is 2.13. The van der Waals surface area contributed by atoms with Crippen molar-refractivity contribution in [2.75, 3.05) is 10.6 Å². The van der Waals surface area contributed by atoms with E-state index >= 15 is 0 Å². The van der Waals surface area contributed by atoms with Gasteiger partial charge >= 0.3 is 0 Å². The Labute approximate surface area is 159 Å². The van der Waals surface area contributed by atoms with Gasteiger partial charge in [-0.3, -0.25) is 9.59 Å². The molecule has 140 valence electrons. The summed E-state index contributed by atoms with van der Waals surface area (Å²) in [7, 11) is 0. The molecule has 2 N–H and O–H groups in total. The zero-order valence-electron chi connectivity index (χ0n) is 16.1. The van der Waals surface area contributed by atoms with Crippen molar-refractivity contribution in [2.24, 2.45) is 0 Å². The number of benzene rings is 1. The van der Waals surface area contributed by atoms with E-state index in [1.807, 2.05) is 26.0 Å². The van der Waals surface area contributed by atoms with Crippen LogP contribution in [0.5, 0.6) is 0 Å². The maximum Gasteiger partial charge on any atom is 0.266 e. The molecule has 0 bridgehead atoms. The highest BCUT2D eigenvalue weighted by molar-refractivity contribution is 6.10. The van der Waals surface area contributed by atoms with E-state index in [4.69, 9.17) is 0 Å². The summed E-state index contributed by atoms with van der Waals surface area (Å²) in [5.41, 5.74) is 4.09. The molecule has 0 aliphatic rings. The third-order valence-electron chi connectivity index (χ3n) is 4.17. The summed E-state index contributed by atoms with van der Waals surface area (Å²) in [4.78, 5) is 23.7. The van der Waals surface area contributed by atoms with Gasteiger partial charge in [0.15, 0.2) is 0 Å². The highest BCUT2D eigenvalue weighted by atomic mass is 16.2. The summed E-state index contributed by atoms with van der Waals surface area (Å²) < 4.78 is 2.18. The van der Waals surface area contributed by atoms with Crippen LogP contribution >= 0.6 is 0 Å². The Morgan fingerprint density at radius 3 is 2.44 bits per heavy atom. The molecule has 2 rings (SSSR count). The van der Waals surface area contributed by atoms with Crippen LogP contribution in [0, 0.1) is 25.2 Å². The fraction of sp³-hybridized carbons (Fsp3) is 0.286. The number of hydrogen-bond acceptors (Lipinski definition) is 3. The minimum absolute atomic E-state index is 0.0247. The number of aromatic nitrogens is 1. The second-order valence-corrected chi connectivity index (χ2v) is 6.36. The number of carbonyl (C=O) groups is 2. The van der Waals surface area contributed by atoms with Crippen molar-refractivity contribution in [1.82, 2.24) is 4.57 Å². The van der Waals surface area contributed by atoms with Crippen LogP contribution in [0.25, 0.3) is 6.08 Å². The van der Waals surface area contributed by atoms with Crippen molar-refractivity contribution >= 4 is 29.3 Å². The fourth-order valence-corrected chi connectivity index (χ4v) is 2.92. The Morgan fingerprint density at radius 2 is 1.85 bits per heavy atom. The third kappa shape index (κ3) is 5.08. The van der Waals surface area contributed by atoms with Gasteiger partial charge in [-0.25, -0.2) is 0 Å². The molecule has 2 amide bonds.